The van der Waals surface area contributed by atoms with E-state index in [0.29, 0.717) is 16.6 Å². The lowest BCUT2D eigenvalue weighted by Crippen LogP contribution is -2.13. The molecule has 3 aromatic heterocycles. The van der Waals surface area contributed by atoms with Crippen molar-refractivity contribution in [2.45, 2.75) is 0 Å². The van der Waals surface area contributed by atoms with Crippen molar-refractivity contribution in [3.63, 3.8) is 0 Å². The summed E-state index contributed by atoms with van der Waals surface area (Å²) in [6, 6.07) is 10.7. The van der Waals surface area contributed by atoms with Gasteiger partial charge >= 0.3 is 5.63 Å². The number of hydrogen-bond donors (Lipinski definition) is 1. The molecule has 4 aromatic rings. The zero-order valence-corrected chi connectivity index (χ0v) is 11.4. The second-order valence-corrected chi connectivity index (χ2v) is 5.49. The molecule has 4 rings (SSSR count). The van der Waals surface area contributed by atoms with Crippen LogP contribution >= 0.6 is 11.3 Å². The highest BCUT2D eigenvalue weighted by atomic mass is 32.1. The first-order valence-electron chi connectivity index (χ1n) is 6.24. The smallest absolute Gasteiger partial charge is 0.348 e. The van der Waals surface area contributed by atoms with E-state index in [1.807, 2.05) is 17.5 Å². The fourth-order valence-electron chi connectivity index (χ4n) is 2.37. The summed E-state index contributed by atoms with van der Waals surface area (Å²) in [6.07, 6.45) is 0. The minimum atomic E-state index is -0.645. The van der Waals surface area contributed by atoms with E-state index in [2.05, 4.69) is 10.1 Å². The van der Waals surface area contributed by atoms with Gasteiger partial charge in [-0.1, -0.05) is 23.4 Å². The van der Waals surface area contributed by atoms with E-state index < -0.39 is 5.63 Å². The Balaban J connectivity index is 2.29. The molecule has 102 valence electrons. The average Bonchev–Trinajstić information content (AvgIpc) is 3.03. The number of hydrogen-bond acceptors (Lipinski definition) is 5. The predicted octanol–water partition coefficient (Wildman–Crippen LogP) is 2.76. The van der Waals surface area contributed by atoms with Gasteiger partial charge in [0.1, 0.15) is 11.2 Å². The van der Waals surface area contributed by atoms with Crippen LogP contribution in [0.1, 0.15) is 0 Å². The van der Waals surface area contributed by atoms with Gasteiger partial charge in [0.15, 0.2) is 5.43 Å². The summed E-state index contributed by atoms with van der Waals surface area (Å²) in [5.41, 5.74) is 0.283. The highest BCUT2D eigenvalue weighted by Gasteiger charge is 2.16. The highest BCUT2D eigenvalue weighted by molar-refractivity contribution is 7.13. The lowest BCUT2D eigenvalue weighted by molar-refractivity contribution is 0.380. The number of pyridine rings is 1. The van der Waals surface area contributed by atoms with Crippen LogP contribution in [0.4, 0.5) is 0 Å². The Bertz CT molecular complexity index is 1080. The van der Waals surface area contributed by atoms with Crippen LogP contribution in [0.15, 0.2) is 55.9 Å². The molecule has 21 heavy (non-hydrogen) atoms. The van der Waals surface area contributed by atoms with Crippen LogP contribution in [-0.2, 0) is 0 Å². The molecule has 5 nitrogen and oxygen atoms in total. The van der Waals surface area contributed by atoms with Gasteiger partial charge in [0.05, 0.1) is 10.3 Å². The summed E-state index contributed by atoms with van der Waals surface area (Å²) in [7, 11) is 0. The molecule has 0 fully saturated rings. The maximum absolute atomic E-state index is 12.7. The van der Waals surface area contributed by atoms with E-state index in [-0.39, 0.29) is 16.3 Å². The van der Waals surface area contributed by atoms with E-state index in [9.17, 15) is 9.59 Å². The first-order chi connectivity index (χ1) is 10.3. The third-order valence-corrected chi connectivity index (χ3v) is 4.20. The molecule has 0 aliphatic rings. The van der Waals surface area contributed by atoms with Gasteiger partial charge in [0.25, 0.3) is 0 Å². The number of aromatic nitrogens is 2. The number of benzene rings is 1. The summed E-state index contributed by atoms with van der Waals surface area (Å²) < 4.78 is 4.83. The van der Waals surface area contributed by atoms with Crippen LogP contribution in [-0.4, -0.2) is 10.1 Å². The molecule has 0 saturated carbocycles. The Hall–Kier alpha value is -2.73. The van der Waals surface area contributed by atoms with Crippen LogP contribution < -0.4 is 11.1 Å². The highest BCUT2D eigenvalue weighted by Crippen LogP contribution is 2.27. The standard InChI is InChI=1S/C15H8N2O3S/c18-14-8-4-1-2-5-9(8)16-13-11(14)12(17-20-15(13)19)10-6-3-7-21-10/h1-7H,(H,16,18). The normalized spacial score (nSPS) is 11.2. The van der Waals surface area contributed by atoms with Crippen molar-refractivity contribution >= 4 is 33.1 Å². The third-order valence-electron chi connectivity index (χ3n) is 3.32. The van der Waals surface area contributed by atoms with Gasteiger partial charge < -0.3 is 9.51 Å². The number of nitrogens with one attached hydrogen (secondary N) is 1. The minimum Gasteiger partial charge on any atom is -0.348 e. The zero-order valence-electron chi connectivity index (χ0n) is 10.6. The van der Waals surface area contributed by atoms with Gasteiger partial charge in [-0.05, 0) is 23.6 Å². The van der Waals surface area contributed by atoms with Crippen molar-refractivity contribution in [3.8, 4) is 10.6 Å². The molecule has 0 bridgehead atoms. The number of aromatic amines is 1. The Labute approximate surface area is 121 Å². The first kappa shape index (κ1) is 12.0. The van der Waals surface area contributed by atoms with E-state index >= 15 is 0 Å². The van der Waals surface area contributed by atoms with Gasteiger partial charge in [-0.3, -0.25) is 4.79 Å². The quantitative estimate of drug-likeness (QED) is 0.548. The Morgan fingerprint density at radius 1 is 1.10 bits per heavy atom. The summed E-state index contributed by atoms with van der Waals surface area (Å²) in [5, 5.41) is 6.49. The molecule has 0 amide bonds. The molecule has 0 aliphatic heterocycles. The predicted molar refractivity (Wildman–Crippen MR) is 81.7 cm³/mol. The molecule has 0 unspecified atom stereocenters. The van der Waals surface area contributed by atoms with Crippen molar-refractivity contribution in [2.24, 2.45) is 0 Å². The number of nitrogens with zero attached hydrogens (tertiary/aromatic N) is 1. The SMILES string of the molecule is O=c1onc(-c2cccs2)c2c(=O)c3ccccc3[nH]c12. The minimum absolute atomic E-state index is 0.150. The van der Waals surface area contributed by atoms with Crippen molar-refractivity contribution in [1.82, 2.24) is 10.1 Å². The second-order valence-electron chi connectivity index (χ2n) is 4.55. The van der Waals surface area contributed by atoms with Crippen molar-refractivity contribution in [2.75, 3.05) is 0 Å². The largest absolute Gasteiger partial charge is 0.382 e. The lowest BCUT2D eigenvalue weighted by atomic mass is 10.1. The molecule has 1 aromatic carbocycles. The molecular weight excluding hydrogens is 288 g/mol. The number of H-pyrrole nitrogens is 1. The van der Waals surface area contributed by atoms with Crippen LogP contribution in [0.2, 0.25) is 0 Å². The fourth-order valence-corrected chi connectivity index (χ4v) is 3.09. The van der Waals surface area contributed by atoms with E-state index in [1.54, 1.807) is 24.3 Å². The average molecular weight is 296 g/mol. The molecule has 0 saturated heterocycles. The van der Waals surface area contributed by atoms with Gasteiger partial charge in [-0.15, -0.1) is 11.3 Å². The number of thiophene rings is 1. The Morgan fingerprint density at radius 3 is 2.76 bits per heavy atom. The van der Waals surface area contributed by atoms with Gasteiger partial charge in [-0.25, -0.2) is 4.79 Å². The van der Waals surface area contributed by atoms with E-state index in [1.165, 1.54) is 11.3 Å². The van der Waals surface area contributed by atoms with Gasteiger partial charge in [0, 0.05) is 10.9 Å². The molecule has 6 heteroatoms. The van der Waals surface area contributed by atoms with Crippen LogP contribution in [0, 0.1) is 0 Å². The van der Waals surface area contributed by atoms with E-state index in [0.717, 1.165) is 4.88 Å². The summed E-state index contributed by atoms with van der Waals surface area (Å²) in [6.45, 7) is 0. The summed E-state index contributed by atoms with van der Waals surface area (Å²) in [5.74, 6) is 0. The first-order valence-corrected chi connectivity index (χ1v) is 7.12. The molecule has 0 atom stereocenters. The van der Waals surface area contributed by atoms with Crippen molar-refractivity contribution in [1.29, 1.82) is 0 Å². The molecule has 3 heterocycles. The molecular formula is C15H8N2O3S. The second kappa shape index (κ2) is 4.39. The number of para-hydroxylation sites is 1. The molecule has 0 aliphatic carbocycles. The third kappa shape index (κ3) is 1.73. The number of rotatable bonds is 1. The molecule has 1 N–H and O–H groups in total. The lowest BCUT2D eigenvalue weighted by Gasteiger charge is -2.03. The summed E-state index contributed by atoms with van der Waals surface area (Å²) in [4.78, 5) is 28.4. The van der Waals surface area contributed by atoms with Crippen LogP contribution in [0.3, 0.4) is 0 Å². The Kier molecular flexibility index (Phi) is 2.52. The Morgan fingerprint density at radius 2 is 1.95 bits per heavy atom. The maximum Gasteiger partial charge on any atom is 0.382 e. The van der Waals surface area contributed by atoms with Crippen LogP contribution in [0.25, 0.3) is 32.4 Å². The van der Waals surface area contributed by atoms with Crippen LogP contribution in [0.5, 0.6) is 0 Å². The maximum atomic E-state index is 12.7. The van der Waals surface area contributed by atoms with E-state index in [4.69, 9.17) is 4.52 Å². The number of fused-ring (bicyclic) bond motifs is 2. The van der Waals surface area contributed by atoms with Gasteiger partial charge in [0.2, 0.25) is 0 Å². The monoisotopic (exact) mass is 296 g/mol. The van der Waals surface area contributed by atoms with Crippen molar-refractivity contribution < 1.29 is 4.52 Å². The topological polar surface area (TPSA) is 76.0 Å². The summed E-state index contributed by atoms with van der Waals surface area (Å²) >= 11 is 1.43. The van der Waals surface area contributed by atoms with Gasteiger partial charge in [-0.2, -0.15) is 0 Å². The molecule has 0 radical (unpaired) electrons. The van der Waals surface area contributed by atoms with Crippen molar-refractivity contribution in [3.05, 3.63) is 62.4 Å². The fraction of sp³-hybridized carbons (Fsp3) is 0. The molecule has 0 spiro atoms. The zero-order chi connectivity index (χ0) is 14.4.